The van der Waals surface area contributed by atoms with Crippen LogP contribution in [0.25, 0.3) is 0 Å². The summed E-state index contributed by atoms with van der Waals surface area (Å²) in [5, 5.41) is 12.8. The zero-order chi connectivity index (χ0) is 25.5. The molecular weight excluding hydrogens is 520 g/mol. The van der Waals surface area contributed by atoms with Gasteiger partial charge in [-0.25, -0.2) is 4.79 Å². The summed E-state index contributed by atoms with van der Waals surface area (Å²) in [6, 6.07) is 13.8. The minimum absolute atomic E-state index is 0. The molecule has 0 aromatic heterocycles. The number of aliphatic imine (C=N–C) groups is 1. The van der Waals surface area contributed by atoms with Gasteiger partial charge in [-0.3, -0.25) is 4.99 Å². The van der Waals surface area contributed by atoms with E-state index in [1.54, 1.807) is 42.5 Å². The summed E-state index contributed by atoms with van der Waals surface area (Å²) in [5.41, 5.74) is 1.37. The third kappa shape index (κ3) is 10.7. The molecule has 0 spiro atoms. The van der Waals surface area contributed by atoms with E-state index in [9.17, 15) is 9.90 Å². The maximum atomic E-state index is 12.8. The first-order chi connectivity index (χ1) is 16.9. The van der Waals surface area contributed by atoms with Crippen LogP contribution in [0, 0.1) is 0 Å². The van der Waals surface area contributed by atoms with Gasteiger partial charge in [0.2, 0.25) is 0 Å². The van der Waals surface area contributed by atoms with E-state index in [4.69, 9.17) is 9.47 Å². The molecule has 0 heterocycles. The molecule has 0 unspecified atom stereocenters. The zero-order valence-electron chi connectivity index (χ0n) is 22.3. The lowest BCUT2D eigenvalue weighted by molar-refractivity contribution is -0.906. The molecule has 0 aliphatic heterocycles. The summed E-state index contributed by atoms with van der Waals surface area (Å²) < 4.78 is 12.2. The molecule has 6 nitrogen and oxygen atoms in total. The minimum Gasteiger partial charge on any atom is -0.858 e. The maximum absolute atomic E-state index is 12.8. The Morgan fingerprint density at radius 2 is 1.53 bits per heavy atom. The molecule has 0 atom stereocenters. The van der Waals surface area contributed by atoms with E-state index < -0.39 is 0 Å². The van der Waals surface area contributed by atoms with Crippen LogP contribution in [0.5, 0.6) is 5.75 Å². The third-order valence-electron chi connectivity index (χ3n) is 6.60. The second-order valence-corrected chi connectivity index (χ2v) is 9.19. The molecule has 36 heavy (non-hydrogen) atoms. The molecule has 0 N–H and O–H groups in total. The first-order valence-electron chi connectivity index (χ1n) is 13.0. The highest BCUT2D eigenvalue weighted by Crippen LogP contribution is 2.21. The van der Waals surface area contributed by atoms with Crippen LogP contribution in [-0.4, -0.2) is 56.2 Å². The van der Waals surface area contributed by atoms with E-state index in [0.717, 1.165) is 37.0 Å². The van der Waals surface area contributed by atoms with Gasteiger partial charge in [0.15, 0.2) is 0 Å². The zero-order valence-corrected chi connectivity index (χ0v) is 24.0. The Morgan fingerprint density at radius 3 is 2.19 bits per heavy atom. The van der Waals surface area contributed by atoms with Gasteiger partial charge in [0, 0.05) is 5.56 Å². The van der Waals surface area contributed by atoms with Crippen molar-refractivity contribution < 1.29 is 23.9 Å². The Kier molecular flexibility index (Phi) is 15.1. The highest BCUT2D eigenvalue weighted by molar-refractivity contribution is 8.93. The van der Waals surface area contributed by atoms with Crippen LogP contribution >= 0.6 is 17.0 Å². The number of hydrogen-bond donors (Lipinski definition) is 0. The van der Waals surface area contributed by atoms with Gasteiger partial charge in [0.05, 0.1) is 38.0 Å². The number of halogens is 1. The fraction of sp³-hybridized carbons (Fsp3) is 0.517. The Labute approximate surface area is 227 Å². The minimum atomic E-state index is -0.366. The SMILES string of the molecule is Br.CCCCCCCCOc1ccccc1C([O-])=Nc1ccc(C(=O)OCC[N+](C)(CC)CC)cc1. The summed E-state index contributed by atoms with van der Waals surface area (Å²) in [5.74, 6) is -0.176. The van der Waals surface area contributed by atoms with Crippen LogP contribution in [0.2, 0.25) is 0 Å². The van der Waals surface area contributed by atoms with Gasteiger partial charge in [-0.15, -0.1) is 17.0 Å². The first-order valence-corrected chi connectivity index (χ1v) is 13.0. The number of benzene rings is 2. The monoisotopic (exact) mass is 562 g/mol. The van der Waals surface area contributed by atoms with Gasteiger partial charge < -0.3 is 19.1 Å². The standard InChI is InChI=1S/C29H42N2O4.BrH/c1-5-8-9-10-11-14-22-34-27-16-13-12-15-26(27)28(32)30-25-19-17-24(18-20-25)29(33)35-23-21-31(4,6-2)7-3;/h12-13,15-20H,5-11,14,21-23H2,1-4H3;1H. The summed E-state index contributed by atoms with van der Waals surface area (Å²) in [6.45, 7) is 10.2. The summed E-state index contributed by atoms with van der Waals surface area (Å²) in [7, 11) is 2.15. The van der Waals surface area contributed by atoms with E-state index in [0.29, 0.717) is 35.8 Å². The Balaban J connectivity index is 0.00000648. The number of quaternary nitrogens is 1. The fourth-order valence-electron chi connectivity index (χ4n) is 3.67. The molecule has 7 heteroatoms. The van der Waals surface area contributed by atoms with Crippen LogP contribution in [-0.2, 0) is 4.74 Å². The molecule has 2 aromatic rings. The average molecular weight is 564 g/mol. The van der Waals surface area contributed by atoms with E-state index in [-0.39, 0.29) is 28.8 Å². The van der Waals surface area contributed by atoms with Gasteiger partial charge in [0.1, 0.15) is 18.9 Å². The predicted octanol–water partition coefficient (Wildman–Crippen LogP) is 6.09. The number of likely N-dealkylation sites (N-methyl/N-ethyl adjacent to an activating group) is 1. The maximum Gasteiger partial charge on any atom is 0.338 e. The molecular formula is C29H43BrN2O4. The molecule has 0 aliphatic carbocycles. The summed E-state index contributed by atoms with van der Waals surface area (Å²) >= 11 is 0. The lowest BCUT2D eigenvalue weighted by Gasteiger charge is -2.31. The van der Waals surface area contributed by atoms with Crippen LogP contribution < -0.4 is 9.84 Å². The predicted molar refractivity (Wildman–Crippen MR) is 151 cm³/mol. The number of nitrogens with zero attached hydrogens (tertiary/aromatic N) is 2. The second kappa shape index (κ2) is 17.1. The molecule has 0 saturated heterocycles. The third-order valence-corrected chi connectivity index (χ3v) is 6.60. The average Bonchev–Trinajstić information content (AvgIpc) is 2.88. The summed E-state index contributed by atoms with van der Waals surface area (Å²) in [6.07, 6.45) is 7.09. The van der Waals surface area contributed by atoms with E-state index >= 15 is 0 Å². The molecule has 0 saturated carbocycles. The van der Waals surface area contributed by atoms with Crippen molar-refractivity contribution in [2.45, 2.75) is 59.3 Å². The second-order valence-electron chi connectivity index (χ2n) is 9.19. The highest BCUT2D eigenvalue weighted by Gasteiger charge is 2.17. The van der Waals surface area contributed by atoms with Crippen molar-refractivity contribution >= 4 is 34.5 Å². The normalized spacial score (nSPS) is 11.6. The number of para-hydroxylation sites is 1. The van der Waals surface area contributed by atoms with E-state index in [1.807, 2.05) is 6.07 Å². The number of unbranched alkanes of at least 4 members (excludes halogenated alkanes) is 5. The van der Waals surface area contributed by atoms with E-state index in [2.05, 4.69) is 32.8 Å². The lowest BCUT2D eigenvalue weighted by Crippen LogP contribution is -2.46. The van der Waals surface area contributed by atoms with Crippen LogP contribution in [0.4, 0.5) is 5.69 Å². The van der Waals surface area contributed by atoms with Crippen molar-refractivity contribution in [2.75, 3.05) is 39.9 Å². The largest absolute Gasteiger partial charge is 0.858 e. The molecule has 0 fully saturated rings. The van der Waals surface area contributed by atoms with Crippen molar-refractivity contribution in [1.29, 1.82) is 0 Å². The van der Waals surface area contributed by atoms with Crippen molar-refractivity contribution in [3.05, 3.63) is 59.7 Å². The summed E-state index contributed by atoms with van der Waals surface area (Å²) in [4.78, 5) is 16.6. The van der Waals surface area contributed by atoms with Crippen LogP contribution in [0.1, 0.15) is 75.2 Å². The molecule has 0 bridgehead atoms. The molecule has 2 rings (SSSR count). The van der Waals surface area contributed by atoms with Crippen molar-refractivity contribution in [3.63, 3.8) is 0 Å². The van der Waals surface area contributed by atoms with E-state index in [1.165, 1.54) is 25.7 Å². The van der Waals surface area contributed by atoms with Gasteiger partial charge in [-0.2, -0.15) is 0 Å². The molecule has 2 aromatic carbocycles. The number of carbonyl (C=O) groups excluding carboxylic acids is 1. The molecule has 0 amide bonds. The van der Waals surface area contributed by atoms with Gasteiger partial charge in [-0.1, -0.05) is 57.2 Å². The van der Waals surface area contributed by atoms with Gasteiger partial charge >= 0.3 is 5.97 Å². The van der Waals surface area contributed by atoms with Crippen molar-refractivity contribution in [2.24, 2.45) is 4.99 Å². The number of esters is 1. The van der Waals surface area contributed by atoms with Gasteiger partial charge in [0.25, 0.3) is 0 Å². The first kappa shape index (κ1) is 31.6. The number of rotatable bonds is 16. The Bertz CT molecular complexity index is 927. The number of ether oxygens (including phenoxy) is 2. The molecule has 0 radical (unpaired) electrons. The fourth-order valence-corrected chi connectivity index (χ4v) is 3.67. The topological polar surface area (TPSA) is 71.0 Å². The lowest BCUT2D eigenvalue weighted by atomic mass is 10.1. The molecule has 200 valence electrons. The molecule has 0 aliphatic rings. The quantitative estimate of drug-likeness (QED) is 0.0816. The highest BCUT2D eigenvalue weighted by atomic mass is 79.9. The van der Waals surface area contributed by atoms with Crippen molar-refractivity contribution in [3.8, 4) is 5.75 Å². The number of hydrogen-bond acceptors (Lipinski definition) is 5. The van der Waals surface area contributed by atoms with Crippen LogP contribution in [0.3, 0.4) is 0 Å². The Hall–Kier alpha value is -2.38. The van der Waals surface area contributed by atoms with Crippen LogP contribution in [0.15, 0.2) is 53.5 Å². The van der Waals surface area contributed by atoms with Crippen molar-refractivity contribution in [1.82, 2.24) is 0 Å². The smallest absolute Gasteiger partial charge is 0.338 e. The number of carbonyl (C=O) groups is 1. The van der Waals surface area contributed by atoms with Gasteiger partial charge in [-0.05, 0) is 56.5 Å². The Morgan fingerprint density at radius 1 is 0.889 bits per heavy atom.